The Balaban J connectivity index is 0.00000341. The van der Waals surface area contributed by atoms with Crippen molar-refractivity contribution in [3.05, 3.63) is 57.8 Å². The summed E-state index contributed by atoms with van der Waals surface area (Å²) in [5.41, 5.74) is 1.82. The van der Waals surface area contributed by atoms with E-state index in [1.165, 1.54) is 17.7 Å². The van der Waals surface area contributed by atoms with E-state index in [4.69, 9.17) is 0 Å². The molecule has 2 heterocycles. The molecule has 6 nitrogen and oxygen atoms in total. The summed E-state index contributed by atoms with van der Waals surface area (Å²) < 4.78 is 0. The average molecular weight is 556 g/mol. The molecule has 1 aromatic carbocycles. The van der Waals surface area contributed by atoms with Crippen molar-refractivity contribution in [3.8, 4) is 0 Å². The van der Waals surface area contributed by atoms with E-state index in [-0.39, 0.29) is 29.9 Å². The number of piperidine rings is 1. The molecular weight excluding hydrogens is 521 g/mol. The van der Waals surface area contributed by atoms with Crippen LogP contribution in [0.1, 0.15) is 39.7 Å². The fourth-order valence-corrected chi connectivity index (χ4v) is 5.15. The first-order valence-electron chi connectivity index (χ1n) is 10.6. The summed E-state index contributed by atoms with van der Waals surface area (Å²) in [6, 6.07) is 12.6. The van der Waals surface area contributed by atoms with Crippen molar-refractivity contribution in [3.63, 3.8) is 0 Å². The molecule has 3 N–H and O–H groups in total. The highest BCUT2D eigenvalue weighted by Crippen LogP contribution is 2.36. The van der Waals surface area contributed by atoms with Crippen LogP contribution in [0, 0.1) is 5.92 Å². The Hall–Kier alpha value is -1.65. The number of aliphatic imine (C=N–C) groups is 1. The van der Waals surface area contributed by atoms with Gasteiger partial charge >= 0.3 is 0 Å². The molecule has 2 aromatic rings. The van der Waals surface area contributed by atoms with Crippen LogP contribution in [0.4, 0.5) is 0 Å². The molecule has 0 aliphatic carbocycles. The lowest BCUT2D eigenvalue weighted by atomic mass is 9.88. The molecule has 1 saturated heterocycles. The number of carbonyl (C=O) groups is 1. The zero-order valence-corrected chi connectivity index (χ0v) is 21.7. The minimum absolute atomic E-state index is 0. The molecule has 1 aliphatic heterocycles. The molecule has 1 fully saturated rings. The average Bonchev–Trinajstić information content (AvgIpc) is 3.30. The predicted octanol–water partition coefficient (Wildman–Crippen LogP) is 3.52. The van der Waals surface area contributed by atoms with Crippen molar-refractivity contribution in [2.45, 2.75) is 25.3 Å². The van der Waals surface area contributed by atoms with Gasteiger partial charge in [0, 0.05) is 43.7 Å². The van der Waals surface area contributed by atoms with Crippen LogP contribution in [0.3, 0.4) is 0 Å². The Bertz CT molecular complexity index is 842. The van der Waals surface area contributed by atoms with Crippen LogP contribution in [0.5, 0.6) is 0 Å². The monoisotopic (exact) mass is 555 g/mol. The quantitative estimate of drug-likeness (QED) is 0.278. The van der Waals surface area contributed by atoms with E-state index in [9.17, 15) is 4.79 Å². The zero-order valence-electron chi connectivity index (χ0n) is 18.6. The molecule has 1 amide bonds. The second-order valence-electron chi connectivity index (χ2n) is 7.75. The maximum Gasteiger partial charge on any atom is 0.251 e. The van der Waals surface area contributed by atoms with E-state index < -0.39 is 0 Å². The Morgan fingerprint density at radius 3 is 2.81 bits per heavy atom. The van der Waals surface area contributed by atoms with E-state index in [1.54, 1.807) is 7.05 Å². The van der Waals surface area contributed by atoms with Gasteiger partial charge in [-0.3, -0.25) is 14.7 Å². The summed E-state index contributed by atoms with van der Waals surface area (Å²) in [6.45, 7) is 2.82. The molecule has 2 atom stereocenters. The number of guanidine groups is 1. The normalized spacial score (nSPS) is 19.4. The Labute approximate surface area is 206 Å². The highest BCUT2D eigenvalue weighted by molar-refractivity contribution is 14.0. The summed E-state index contributed by atoms with van der Waals surface area (Å²) >= 11 is 1.85. The molecule has 2 unspecified atom stereocenters. The van der Waals surface area contributed by atoms with Crippen molar-refractivity contribution < 1.29 is 4.79 Å². The summed E-state index contributed by atoms with van der Waals surface area (Å²) in [7, 11) is 5.70. The van der Waals surface area contributed by atoms with Gasteiger partial charge in [0.1, 0.15) is 0 Å². The van der Waals surface area contributed by atoms with Crippen LogP contribution in [-0.4, -0.2) is 57.5 Å². The van der Waals surface area contributed by atoms with Crippen LogP contribution < -0.4 is 16.0 Å². The minimum Gasteiger partial charge on any atom is -0.356 e. The number of amides is 1. The van der Waals surface area contributed by atoms with Gasteiger partial charge in [0.25, 0.3) is 5.91 Å². The van der Waals surface area contributed by atoms with Crippen LogP contribution in [-0.2, 0) is 6.42 Å². The second-order valence-corrected chi connectivity index (χ2v) is 8.73. The highest BCUT2D eigenvalue weighted by atomic mass is 127. The number of hydrogen-bond acceptors (Lipinski definition) is 4. The number of halogens is 1. The third-order valence-corrected chi connectivity index (χ3v) is 6.66. The van der Waals surface area contributed by atoms with Gasteiger partial charge in [-0.15, -0.1) is 35.3 Å². The lowest BCUT2D eigenvalue weighted by Gasteiger charge is -2.39. The largest absolute Gasteiger partial charge is 0.356 e. The number of nitrogens with one attached hydrogen (secondary N) is 3. The van der Waals surface area contributed by atoms with Gasteiger partial charge in [0.2, 0.25) is 0 Å². The number of rotatable bonds is 7. The third-order valence-electron chi connectivity index (χ3n) is 5.72. The van der Waals surface area contributed by atoms with Gasteiger partial charge in [-0.1, -0.05) is 18.2 Å². The fourth-order valence-electron chi connectivity index (χ4n) is 4.17. The van der Waals surface area contributed by atoms with Gasteiger partial charge < -0.3 is 16.0 Å². The number of hydrogen-bond donors (Lipinski definition) is 3. The minimum atomic E-state index is -0.0555. The van der Waals surface area contributed by atoms with Crippen molar-refractivity contribution in [1.82, 2.24) is 20.9 Å². The molecule has 31 heavy (non-hydrogen) atoms. The van der Waals surface area contributed by atoms with E-state index >= 15 is 0 Å². The van der Waals surface area contributed by atoms with Gasteiger partial charge in [-0.25, -0.2) is 0 Å². The first-order valence-corrected chi connectivity index (χ1v) is 11.5. The fraction of sp³-hybridized carbons (Fsp3) is 0.478. The van der Waals surface area contributed by atoms with Gasteiger partial charge in [-0.2, -0.15) is 0 Å². The van der Waals surface area contributed by atoms with E-state index in [0.29, 0.717) is 17.5 Å². The van der Waals surface area contributed by atoms with Gasteiger partial charge in [0.15, 0.2) is 5.96 Å². The number of thiophene rings is 1. The van der Waals surface area contributed by atoms with Crippen LogP contribution in [0.25, 0.3) is 0 Å². The van der Waals surface area contributed by atoms with Crippen molar-refractivity contribution in [1.29, 1.82) is 0 Å². The van der Waals surface area contributed by atoms with E-state index in [0.717, 1.165) is 37.6 Å². The first kappa shape index (κ1) is 25.6. The van der Waals surface area contributed by atoms with E-state index in [1.807, 2.05) is 42.6 Å². The topological polar surface area (TPSA) is 68.8 Å². The molecule has 170 valence electrons. The maximum absolute atomic E-state index is 11.8. The summed E-state index contributed by atoms with van der Waals surface area (Å²) in [6.07, 6.45) is 3.29. The number of benzene rings is 1. The SMILES string of the molecule is CN=C(NCCc1cccc(C(=O)NC)c1)NCC1CCCN(C)C1c1cccs1.I. The Morgan fingerprint density at radius 2 is 2.10 bits per heavy atom. The highest BCUT2D eigenvalue weighted by Gasteiger charge is 2.31. The van der Waals surface area contributed by atoms with Crippen LogP contribution in [0.2, 0.25) is 0 Å². The Kier molecular flexibility index (Phi) is 10.8. The van der Waals surface area contributed by atoms with Crippen LogP contribution >= 0.6 is 35.3 Å². The maximum atomic E-state index is 11.8. The predicted molar refractivity (Wildman–Crippen MR) is 141 cm³/mol. The second kappa shape index (κ2) is 13.0. The Morgan fingerprint density at radius 1 is 1.26 bits per heavy atom. The van der Waals surface area contributed by atoms with Crippen molar-refractivity contribution >= 4 is 47.2 Å². The van der Waals surface area contributed by atoms with Gasteiger partial charge in [-0.05, 0) is 67.9 Å². The van der Waals surface area contributed by atoms with Crippen LogP contribution in [0.15, 0.2) is 46.8 Å². The molecule has 3 rings (SSSR count). The lowest BCUT2D eigenvalue weighted by molar-refractivity contribution is 0.0963. The molecule has 1 aliphatic rings. The standard InChI is InChI=1S/C23H33N5OS.HI/c1-24-22(29)18-8-4-7-17(15-18)11-12-26-23(25-2)27-16-19-9-5-13-28(3)21(19)20-10-6-14-30-20;/h4,6-8,10,14-15,19,21H,5,9,11-13,16H2,1-3H3,(H,24,29)(H2,25,26,27);1H. The summed E-state index contributed by atoms with van der Waals surface area (Å²) in [5.74, 6) is 1.33. The van der Waals surface area contributed by atoms with Crippen molar-refractivity contribution in [2.75, 3.05) is 40.8 Å². The smallest absolute Gasteiger partial charge is 0.251 e. The molecular formula is C23H34IN5OS. The van der Waals surface area contributed by atoms with E-state index in [2.05, 4.69) is 50.4 Å². The number of carbonyl (C=O) groups excluding carboxylic acids is 1. The zero-order chi connectivity index (χ0) is 21.3. The number of likely N-dealkylation sites (tertiary alicyclic amines) is 1. The third kappa shape index (κ3) is 7.18. The summed E-state index contributed by atoms with van der Waals surface area (Å²) in [5, 5.41) is 11.8. The first-order chi connectivity index (χ1) is 14.6. The molecule has 0 bridgehead atoms. The molecule has 0 saturated carbocycles. The number of nitrogens with zero attached hydrogens (tertiary/aromatic N) is 2. The lowest BCUT2D eigenvalue weighted by Crippen LogP contribution is -2.45. The molecule has 1 aromatic heterocycles. The van der Waals surface area contributed by atoms with Crippen molar-refractivity contribution in [2.24, 2.45) is 10.9 Å². The summed E-state index contributed by atoms with van der Waals surface area (Å²) in [4.78, 5) is 20.1. The van der Waals surface area contributed by atoms with Gasteiger partial charge in [0.05, 0.1) is 0 Å². The molecule has 0 radical (unpaired) electrons. The molecule has 0 spiro atoms. The molecule has 8 heteroatoms.